The number of likely N-dealkylation sites (tertiary alicyclic amines) is 1. The van der Waals surface area contributed by atoms with Gasteiger partial charge in [0, 0.05) is 11.6 Å². The second-order valence-corrected chi connectivity index (χ2v) is 8.52. The molecule has 4 atom stereocenters. The Morgan fingerprint density at radius 3 is 2.59 bits per heavy atom. The van der Waals surface area contributed by atoms with Crippen LogP contribution in [0.25, 0.3) is 10.8 Å². The van der Waals surface area contributed by atoms with Gasteiger partial charge in [0.1, 0.15) is 5.75 Å². The number of methoxy groups -OCH3 is 1. The number of hydrogen-bond donors (Lipinski definition) is 2. The van der Waals surface area contributed by atoms with E-state index in [0.29, 0.717) is 24.2 Å². The second-order valence-electron chi connectivity index (χ2n) is 8.52. The molecule has 2 saturated heterocycles. The fraction of sp³-hybridized carbons (Fsp3) is 0.308. The summed E-state index contributed by atoms with van der Waals surface area (Å²) >= 11 is 0. The van der Waals surface area contributed by atoms with Crippen LogP contribution in [0, 0.1) is 5.92 Å². The van der Waals surface area contributed by atoms with Crippen LogP contribution in [-0.2, 0) is 16.1 Å². The highest BCUT2D eigenvalue weighted by Crippen LogP contribution is 2.36. The number of aliphatic hydroxyl groups excluding tert-OH is 1. The van der Waals surface area contributed by atoms with Gasteiger partial charge in [0.05, 0.1) is 31.7 Å². The summed E-state index contributed by atoms with van der Waals surface area (Å²) in [7, 11) is 1.57. The van der Waals surface area contributed by atoms with E-state index in [-0.39, 0.29) is 24.4 Å². The summed E-state index contributed by atoms with van der Waals surface area (Å²) in [4.78, 5) is 27.8. The summed E-state index contributed by atoms with van der Waals surface area (Å²) in [6, 6.07) is 20.3. The predicted octanol–water partition coefficient (Wildman–Crippen LogP) is 3.19. The molecule has 0 radical (unpaired) electrons. The number of fused-ring (bicyclic) bond motifs is 2. The van der Waals surface area contributed by atoms with Crippen molar-refractivity contribution in [2.45, 2.75) is 37.6 Å². The van der Waals surface area contributed by atoms with Gasteiger partial charge in [0.2, 0.25) is 11.8 Å². The number of carbonyl (C=O) groups is 2. The van der Waals surface area contributed by atoms with Crippen LogP contribution >= 0.6 is 0 Å². The van der Waals surface area contributed by atoms with Crippen LogP contribution in [0.15, 0.2) is 66.7 Å². The molecule has 0 aromatic heterocycles. The maximum atomic E-state index is 13.3. The van der Waals surface area contributed by atoms with E-state index in [1.54, 1.807) is 13.2 Å². The number of aliphatic hydroxyl groups is 1. The summed E-state index contributed by atoms with van der Waals surface area (Å²) in [6.07, 6.45) is 0.328. The Kier molecular flexibility index (Phi) is 5.41. The SMILES string of the molecule is COc1ccccc1[C@@H](O)[C@H]1CC[C@H]2C(=O)N(Cc3cccc4ccccc34)C(=O)[C@H]2N1. The molecule has 0 aliphatic carbocycles. The Morgan fingerprint density at radius 2 is 1.75 bits per heavy atom. The Labute approximate surface area is 186 Å². The first kappa shape index (κ1) is 20.7. The monoisotopic (exact) mass is 430 g/mol. The molecule has 2 amide bonds. The number of rotatable bonds is 5. The summed E-state index contributed by atoms with van der Waals surface area (Å²) < 4.78 is 5.38. The molecule has 0 saturated carbocycles. The molecule has 5 rings (SSSR count). The molecule has 0 spiro atoms. The van der Waals surface area contributed by atoms with Gasteiger partial charge >= 0.3 is 0 Å². The van der Waals surface area contributed by atoms with Gasteiger partial charge in [-0.3, -0.25) is 19.8 Å². The van der Waals surface area contributed by atoms with Gasteiger partial charge in [-0.05, 0) is 35.2 Å². The van der Waals surface area contributed by atoms with Crippen LogP contribution in [0.2, 0.25) is 0 Å². The number of ether oxygens (including phenoxy) is 1. The zero-order valence-electron chi connectivity index (χ0n) is 17.9. The molecule has 3 aromatic carbocycles. The molecule has 2 heterocycles. The van der Waals surface area contributed by atoms with Crippen molar-refractivity contribution in [1.82, 2.24) is 10.2 Å². The maximum Gasteiger partial charge on any atom is 0.247 e. The highest BCUT2D eigenvalue weighted by Gasteiger charge is 2.51. The van der Waals surface area contributed by atoms with E-state index in [1.165, 1.54) is 4.90 Å². The highest BCUT2D eigenvalue weighted by molar-refractivity contribution is 6.07. The first-order chi connectivity index (χ1) is 15.6. The van der Waals surface area contributed by atoms with E-state index in [9.17, 15) is 14.7 Å². The topological polar surface area (TPSA) is 78.9 Å². The molecule has 2 aliphatic rings. The third kappa shape index (κ3) is 3.45. The summed E-state index contributed by atoms with van der Waals surface area (Å²) in [5.41, 5.74) is 1.63. The number of benzene rings is 3. The number of carbonyl (C=O) groups excluding carboxylic acids is 2. The Balaban J connectivity index is 1.36. The lowest BCUT2D eigenvalue weighted by molar-refractivity contribution is -0.140. The second kappa shape index (κ2) is 8.37. The van der Waals surface area contributed by atoms with Gasteiger partial charge in [0.15, 0.2) is 0 Å². The number of para-hydroxylation sites is 1. The number of nitrogens with zero attached hydrogens (tertiary/aromatic N) is 1. The first-order valence-corrected chi connectivity index (χ1v) is 11.0. The zero-order chi connectivity index (χ0) is 22.2. The normalized spacial score (nSPS) is 23.9. The van der Waals surface area contributed by atoms with E-state index in [4.69, 9.17) is 4.74 Å². The fourth-order valence-electron chi connectivity index (χ4n) is 5.08. The fourth-order valence-corrected chi connectivity index (χ4v) is 5.08. The molecular weight excluding hydrogens is 404 g/mol. The minimum Gasteiger partial charge on any atom is -0.496 e. The standard InChI is InChI=1S/C26H26N2O4/c1-32-22-12-5-4-11-19(22)24(29)21-14-13-20-23(27-21)26(31)28(25(20)30)15-17-9-6-8-16-7-2-3-10-18(16)17/h2-12,20-21,23-24,27,29H,13-15H2,1H3/t20-,21-,23+,24-/m1/s1. The Bertz CT molecular complexity index is 1170. The van der Waals surface area contributed by atoms with E-state index < -0.39 is 18.1 Å². The van der Waals surface area contributed by atoms with Crippen LogP contribution < -0.4 is 10.1 Å². The van der Waals surface area contributed by atoms with Crippen molar-refractivity contribution in [3.63, 3.8) is 0 Å². The molecule has 2 fully saturated rings. The molecule has 2 N–H and O–H groups in total. The lowest BCUT2D eigenvalue weighted by Crippen LogP contribution is -2.52. The van der Waals surface area contributed by atoms with E-state index in [2.05, 4.69) is 5.32 Å². The van der Waals surface area contributed by atoms with Crippen LogP contribution in [0.1, 0.15) is 30.1 Å². The largest absolute Gasteiger partial charge is 0.496 e. The predicted molar refractivity (Wildman–Crippen MR) is 121 cm³/mol. The van der Waals surface area contributed by atoms with Crippen molar-refractivity contribution in [3.05, 3.63) is 77.9 Å². The van der Waals surface area contributed by atoms with Crippen molar-refractivity contribution in [3.8, 4) is 5.75 Å². The summed E-state index contributed by atoms with van der Waals surface area (Å²) in [5.74, 6) is -0.135. The molecule has 0 bridgehead atoms. The molecule has 6 nitrogen and oxygen atoms in total. The number of imide groups is 1. The van der Waals surface area contributed by atoms with E-state index in [1.807, 2.05) is 60.7 Å². The van der Waals surface area contributed by atoms with Gasteiger partial charge in [-0.15, -0.1) is 0 Å². The van der Waals surface area contributed by atoms with Crippen molar-refractivity contribution < 1.29 is 19.4 Å². The maximum absolute atomic E-state index is 13.3. The van der Waals surface area contributed by atoms with Gasteiger partial charge in [-0.25, -0.2) is 0 Å². The lowest BCUT2D eigenvalue weighted by atomic mass is 9.85. The van der Waals surface area contributed by atoms with Gasteiger partial charge in [-0.1, -0.05) is 60.7 Å². The molecule has 6 heteroatoms. The quantitative estimate of drug-likeness (QED) is 0.608. The third-order valence-corrected chi connectivity index (χ3v) is 6.75. The Morgan fingerprint density at radius 1 is 1.00 bits per heavy atom. The summed E-state index contributed by atoms with van der Waals surface area (Å²) in [6.45, 7) is 0.257. The minimum absolute atomic E-state index is 0.134. The van der Waals surface area contributed by atoms with Crippen LogP contribution in [-0.4, -0.2) is 41.0 Å². The number of piperidine rings is 1. The van der Waals surface area contributed by atoms with Crippen LogP contribution in [0.5, 0.6) is 5.75 Å². The molecule has 2 aliphatic heterocycles. The number of amides is 2. The van der Waals surface area contributed by atoms with Gasteiger partial charge < -0.3 is 9.84 Å². The number of nitrogens with one attached hydrogen (secondary N) is 1. The smallest absolute Gasteiger partial charge is 0.247 e. The average molecular weight is 431 g/mol. The lowest BCUT2D eigenvalue weighted by Gasteiger charge is -2.34. The van der Waals surface area contributed by atoms with Crippen LogP contribution in [0.3, 0.4) is 0 Å². The Hall–Kier alpha value is -3.22. The minimum atomic E-state index is -0.831. The van der Waals surface area contributed by atoms with Gasteiger partial charge in [0.25, 0.3) is 0 Å². The van der Waals surface area contributed by atoms with Crippen molar-refractivity contribution in [2.75, 3.05) is 7.11 Å². The first-order valence-electron chi connectivity index (χ1n) is 11.0. The van der Waals surface area contributed by atoms with Crippen molar-refractivity contribution in [1.29, 1.82) is 0 Å². The molecule has 0 unspecified atom stereocenters. The van der Waals surface area contributed by atoms with Crippen molar-refractivity contribution >= 4 is 22.6 Å². The van der Waals surface area contributed by atoms with Gasteiger partial charge in [-0.2, -0.15) is 0 Å². The molecule has 164 valence electrons. The molecule has 32 heavy (non-hydrogen) atoms. The third-order valence-electron chi connectivity index (χ3n) is 6.75. The summed E-state index contributed by atoms with van der Waals surface area (Å²) in [5, 5.41) is 16.4. The number of hydrogen-bond acceptors (Lipinski definition) is 5. The van der Waals surface area contributed by atoms with Crippen molar-refractivity contribution in [2.24, 2.45) is 5.92 Å². The molecule has 3 aromatic rings. The van der Waals surface area contributed by atoms with E-state index in [0.717, 1.165) is 16.3 Å². The zero-order valence-corrected chi connectivity index (χ0v) is 17.9. The van der Waals surface area contributed by atoms with E-state index >= 15 is 0 Å². The average Bonchev–Trinajstić information content (AvgIpc) is 3.08. The molecular formula is C26H26N2O4. The van der Waals surface area contributed by atoms with Crippen LogP contribution in [0.4, 0.5) is 0 Å². The highest BCUT2D eigenvalue weighted by atomic mass is 16.5.